The van der Waals surface area contributed by atoms with E-state index in [0.29, 0.717) is 13.1 Å². The Hall–Kier alpha value is -2.04. The van der Waals surface area contributed by atoms with Gasteiger partial charge in [-0.05, 0) is 5.56 Å². The molecule has 1 rings (SSSR count). The van der Waals surface area contributed by atoms with Gasteiger partial charge in [0.15, 0.2) is 0 Å². The number of nitrogens with two attached hydrogens (primary N) is 1. The van der Waals surface area contributed by atoms with Crippen LogP contribution in [0.4, 0.5) is 4.79 Å². The molecule has 0 aliphatic carbocycles. The first-order valence-electron chi connectivity index (χ1n) is 3.74. The van der Waals surface area contributed by atoms with E-state index < -0.39 is 6.09 Å². The number of amides is 1. The van der Waals surface area contributed by atoms with Crippen LogP contribution in [0.3, 0.4) is 0 Å². The van der Waals surface area contributed by atoms with Gasteiger partial charge in [-0.25, -0.2) is 4.79 Å². The largest absolute Gasteiger partial charge is 0.465 e. The van der Waals surface area contributed by atoms with Gasteiger partial charge in [0.25, 0.3) is 6.47 Å². The molecule has 0 heterocycles. The summed E-state index contributed by atoms with van der Waals surface area (Å²) in [6, 6.07) is 9.55. The molecule has 0 aromatic heterocycles. The summed E-state index contributed by atoms with van der Waals surface area (Å²) in [6.45, 7) is 0.817. The molecule has 1 aromatic rings. The molecular weight excluding hydrogens is 186 g/mol. The van der Waals surface area contributed by atoms with E-state index in [1.165, 1.54) is 0 Å². The third kappa shape index (κ3) is 8.06. The van der Waals surface area contributed by atoms with Crippen molar-refractivity contribution < 1.29 is 19.4 Å². The molecule has 0 unspecified atom stereocenters. The van der Waals surface area contributed by atoms with Crippen molar-refractivity contribution in [3.05, 3.63) is 35.9 Å². The van der Waals surface area contributed by atoms with Crippen LogP contribution in [0.5, 0.6) is 0 Å². The highest BCUT2D eigenvalue weighted by atomic mass is 16.5. The predicted octanol–water partition coefficient (Wildman–Crippen LogP) is 0.983. The van der Waals surface area contributed by atoms with Gasteiger partial charge < -0.3 is 15.6 Å². The maximum absolute atomic E-state index is 9.76. The Bertz CT molecular complexity index is 269. The third-order valence-corrected chi connectivity index (χ3v) is 1.16. The summed E-state index contributed by atoms with van der Waals surface area (Å²) in [5.74, 6) is 0. The number of carbonyl (C=O) groups is 2. The van der Waals surface area contributed by atoms with E-state index >= 15 is 0 Å². The van der Waals surface area contributed by atoms with Gasteiger partial charge in [-0.3, -0.25) is 4.79 Å². The molecule has 0 atom stereocenters. The molecule has 0 fully saturated rings. The van der Waals surface area contributed by atoms with Gasteiger partial charge in [0.2, 0.25) is 0 Å². The molecule has 5 heteroatoms. The molecule has 0 aliphatic rings. The first kappa shape index (κ1) is 12.0. The topological polar surface area (TPSA) is 89.6 Å². The minimum atomic E-state index is -1.33. The number of rotatable bonds is 3. The number of carbonyl (C=O) groups excluding carboxylic acids is 1. The van der Waals surface area contributed by atoms with Gasteiger partial charge in [0.1, 0.15) is 6.61 Å². The van der Waals surface area contributed by atoms with E-state index in [4.69, 9.17) is 9.90 Å². The zero-order chi connectivity index (χ0) is 10.8. The summed E-state index contributed by atoms with van der Waals surface area (Å²) < 4.78 is 4.54. The molecule has 76 valence electrons. The maximum Gasteiger partial charge on any atom is 0.402 e. The van der Waals surface area contributed by atoms with Gasteiger partial charge in [0, 0.05) is 0 Å². The number of hydrogen-bond donors (Lipinski definition) is 2. The fraction of sp³-hybridized carbons (Fsp3) is 0.111. The number of benzene rings is 1. The Morgan fingerprint density at radius 1 is 1.43 bits per heavy atom. The summed E-state index contributed by atoms with van der Waals surface area (Å²) >= 11 is 0. The second kappa shape index (κ2) is 7.60. The average molecular weight is 197 g/mol. The summed E-state index contributed by atoms with van der Waals surface area (Å²) in [5.41, 5.74) is 5.04. The standard InChI is InChI=1S/C8H8O2.CH3NO2/c9-7-10-6-8-4-2-1-3-5-8;2-1(3)4/h1-5,7H,6H2;2H2,(H,3,4). The van der Waals surface area contributed by atoms with E-state index in [2.05, 4.69) is 10.5 Å². The number of hydrogen-bond acceptors (Lipinski definition) is 3. The Morgan fingerprint density at radius 3 is 2.36 bits per heavy atom. The highest BCUT2D eigenvalue weighted by Gasteiger charge is 1.87. The molecule has 0 radical (unpaired) electrons. The lowest BCUT2D eigenvalue weighted by Gasteiger charge is -1.95. The van der Waals surface area contributed by atoms with Crippen LogP contribution in [0.1, 0.15) is 5.56 Å². The van der Waals surface area contributed by atoms with Crippen molar-refractivity contribution in [2.45, 2.75) is 6.61 Å². The predicted molar refractivity (Wildman–Crippen MR) is 49.5 cm³/mol. The highest BCUT2D eigenvalue weighted by Crippen LogP contribution is 1.98. The minimum Gasteiger partial charge on any atom is -0.465 e. The van der Waals surface area contributed by atoms with Crippen molar-refractivity contribution in [3.8, 4) is 0 Å². The van der Waals surface area contributed by atoms with Crippen LogP contribution in [0.25, 0.3) is 0 Å². The van der Waals surface area contributed by atoms with Crippen molar-refractivity contribution in [1.82, 2.24) is 0 Å². The molecule has 5 nitrogen and oxygen atoms in total. The highest BCUT2D eigenvalue weighted by molar-refractivity contribution is 5.61. The molecule has 3 N–H and O–H groups in total. The van der Waals surface area contributed by atoms with E-state index in [1.807, 2.05) is 30.3 Å². The maximum atomic E-state index is 9.76. The molecule has 1 amide bonds. The van der Waals surface area contributed by atoms with Gasteiger partial charge >= 0.3 is 6.09 Å². The van der Waals surface area contributed by atoms with E-state index in [0.717, 1.165) is 5.56 Å². The van der Waals surface area contributed by atoms with Gasteiger partial charge in [-0.1, -0.05) is 30.3 Å². The lowest BCUT2D eigenvalue weighted by atomic mass is 10.2. The van der Waals surface area contributed by atoms with E-state index in [-0.39, 0.29) is 0 Å². The van der Waals surface area contributed by atoms with Crippen molar-refractivity contribution in [2.75, 3.05) is 0 Å². The van der Waals surface area contributed by atoms with Crippen molar-refractivity contribution in [1.29, 1.82) is 0 Å². The number of ether oxygens (including phenoxy) is 1. The molecule has 0 saturated carbocycles. The Balaban J connectivity index is 0.000000364. The second-order valence-electron chi connectivity index (χ2n) is 2.23. The summed E-state index contributed by atoms with van der Waals surface area (Å²) in [4.78, 5) is 18.5. The molecule has 0 saturated heterocycles. The van der Waals surface area contributed by atoms with Crippen LogP contribution < -0.4 is 5.73 Å². The Labute approximate surface area is 81.1 Å². The van der Waals surface area contributed by atoms with Crippen LogP contribution in [0, 0.1) is 0 Å². The first-order valence-corrected chi connectivity index (χ1v) is 3.74. The smallest absolute Gasteiger partial charge is 0.402 e. The van der Waals surface area contributed by atoms with E-state index in [9.17, 15) is 4.79 Å². The SMILES string of the molecule is NC(=O)O.O=COCc1ccccc1. The first-order chi connectivity index (χ1) is 6.66. The molecular formula is C9H11NO4. The monoisotopic (exact) mass is 197 g/mol. The lowest BCUT2D eigenvalue weighted by Crippen LogP contribution is -2.03. The van der Waals surface area contributed by atoms with Crippen LogP contribution >= 0.6 is 0 Å². The fourth-order valence-corrected chi connectivity index (χ4v) is 0.704. The van der Waals surface area contributed by atoms with Crippen LogP contribution in [0.15, 0.2) is 30.3 Å². The van der Waals surface area contributed by atoms with Crippen molar-refractivity contribution in [3.63, 3.8) is 0 Å². The summed E-state index contributed by atoms with van der Waals surface area (Å²) in [5, 5.41) is 7.19. The molecule has 1 aromatic carbocycles. The van der Waals surface area contributed by atoms with Gasteiger partial charge in [-0.15, -0.1) is 0 Å². The van der Waals surface area contributed by atoms with Gasteiger partial charge in [0.05, 0.1) is 0 Å². The Kier molecular flexibility index (Phi) is 6.49. The lowest BCUT2D eigenvalue weighted by molar-refractivity contribution is -0.129. The molecule has 0 aliphatic heterocycles. The third-order valence-electron chi connectivity index (χ3n) is 1.16. The zero-order valence-electron chi connectivity index (χ0n) is 7.42. The number of primary amides is 1. The quantitative estimate of drug-likeness (QED) is 0.707. The van der Waals surface area contributed by atoms with Crippen molar-refractivity contribution in [2.24, 2.45) is 5.73 Å². The van der Waals surface area contributed by atoms with Crippen LogP contribution in [-0.2, 0) is 16.1 Å². The minimum absolute atomic E-state index is 0.365. The fourth-order valence-electron chi connectivity index (χ4n) is 0.704. The molecule has 14 heavy (non-hydrogen) atoms. The van der Waals surface area contributed by atoms with Crippen LogP contribution in [0.2, 0.25) is 0 Å². The average Bonchev–Trinajstić information content (AvgIpc) is 2.15. The normalized spacial score (nSPS) is 8.00. The van der Waals surface area contributed by atoms with E-state index in [1.54, 1.807) is 0 Å². The second-order valence-corrected chi connectivity index (χ2v) is 2.23. The molecule has 0 bridgehead atoms. The van der Waals surface area contributed by atoms with Crippen LogP contribution in [-0.4, -0.2) is 17.7 Å². The van der Waals surface area contributed by atoms with Crippen molar-refractivity contribution >= 4 is 12.6 Å². The summed E-state index contributed by atoms with van der Waals surface area (Å²) in [6.07, 6.45) is -1.33. The molecule has 0 spiro atoms. The summed E-state index contributed by atoms with van der Waals surface area (Å²) in [7, 11) is 0. The Morgan fingerprint density at radius 2 is 1.93 bits per heavy atom. The zero-order valence-corrected chi connectivity index (χ0v) is 7.42. The number of carboxylic acid groups (broad SMARTS) is 1. The van der Waals surface area contributed by atoms with Gasteiger partial charge in [-0.2, -0.15) is 0 Å².